The third kappa shape index (κ3) is 5.64. The molecule has 3 aromatic rings. The Morgan fingerprint density at radius 1 is 1.15 bits per heavy atom. The van der Waals surface area contributed by atoms with Crippen LogP contribution in [0.2, 0.25) is 5.02 Å². The molecule has 0 aliphatic carbocycles. The van der Waals surface area contributed by atoms with Gasteiger partial charge in [0.2, 0.25) is 5.91 Å². The fourth-order valence-corrected chi connectivity index (χ4v) is 3.67. The van der Waals surface area contributed by atoms with Crippen molar-refractivity contribution in [3.8, 4) is 5.75 Å². The highest BCUT2D eigenvalue weighted by Gasteiger charge is 2.25. The molecule has 0 aliphatic heterocycles. The van der Waals surface area contributed by atoms with Crippen molar-refractivity contribution in [1.82, 2.24) is 9.55 Å². The molecule has 174 valence electrons. The number of aromatic amines is 1. The van der Waals surface area contributed by atoms with Crippen LogP contribution in [0.5, 0.6) is 5.75 Å². The Bertz CT molecular complexity index is 1230. The Balaban J connectivity index is 2.10. The molecule has 0 unspecified atom stereocenters. The van der Waals surface area contributed by atoms with Crippen LogP contribution in [0.1, 0.15) is 30.9 Å². The van der Waals surface area contributed by atoms with E-state index in [9.17, 15) is 14.4 Å². The number of nitrogens with one attached hydrogen (secondary N) is 1. The van der Waals surface area contributed by atoms with Crippen molar-refractivity contribution < 1.29 is 9.53 Å². The first-order valence-corrected chi connectivity index (χ1v) is 11.0. The van der Waals surface area contributed by atoms with Gasteiger partial charge in [0.15, 0.2) is 5.69 Å². The number of benzene rings is 2. The number of nitrogen functional groups attached to an aromatic ring is 1. The predicted molar refractivity (Wildman–Crippen MR) is 130 cm³/mol. The van der Waals surface area contributed by atoms with Crippen molar-refractivity contribution in [2.24, 2.45) is 0 Å². The van der Waals surface area contributed by atoms with Crippen LogP contribution < -0.4 is 26.6 Å². The van der Waals surface area contributed by atoms with Crippen molar-refractivity contribution in [2.45, 2.75) is 39.3 Å². The van der Waals surface area contributed by atoms with E-state index < -0.39 is 11.2 Å². The normalized spacial score (nSPS) is 10.8. The summed E-state index contributed by atoms with van der Waals surface area (Å²) < 4.78 is 6.72. The summed E-state index contributed by atoms with van der Waals surface area (Å²) in [5.74, 6) is 0.161. The van der Waals surface area contributed by atoms with E-state index in [0.717, 1.165) is 12.0 Å². The second-order valence-corrected chi connectivity index (χ2v) is 8.03. The van der Waals surface area contributed by atoms with Gasteiger partial charge in [0, 0.05) is 17.1 Å². The van der Waals surface area contributed by atoms with E-state index in [1.807, 2.05) is 19.1 Å². The van der Waals surface area contributed by atoms with Crippen molar-refractivity contribution in [2.75, 3.05) is 17.7 Å². The number of carbonyl (C=O) groups is 1. The van der Waals surface area contributed by atoms with E-state index in [0.29, 0.717) is 29.3 Å². The zero-order chi connectivity index (χ0) is 24.0. The molecule has 0 fully saturated rings. The summed E-state index contributed by atoms with van der Waals surface area (Å²) in [7, 11) is 1.53. The van der Waals surface area contributed by atoms with Gasteiger partial charge in [-0.2, -0.15) is 0 Å². The number of anilines is 2. The number of rotatable bonds is 9. The van der Waals surface area contributed by atoms with Gasteiger partial charge < -0.3 is 10.5 Å². The minimum absolute atomic E-state index is 0.0132. The standard InChI is InChI=1S/C24H27ClN4O4/c1-3-4-13-28-22(26)21(23(31)27-24(28)32)29(15-17-7-5-6-8-19(17)33-2)20(30)14-16-9-11-18(25)12-10-16/h5-12H,3-4,13-15,26H2,1-2H3,(H,27,31,32). The third-order valence-corrected chi connectivity index (χ3v) is 5.56. The third-order valence-electron chi connectivity index (χ3n) is 5.31. The number of unbranched alkanes of at least 4 members (excludes halogenated alkanes) is 1. The molecule has 1 amide bonds. The molecular formula is C24H27ClN4O4. The molecule has 9 heteroatoms. The van der Waals surface area contributed by atoms with E-state index >= 15 is 0 Å². The average Bonchev–Trinajstić information content (AvgIpc) is 2.80. The lowest BCUT2D eigenvalue weighted by molar-refractivity contribution is -0.118. The maximum atomic E-state index is 13.5. The summed E-state index contributed by atoms with van der Waals surface area (Å²) in [6.07, 6.45) is 1.54. The van der Waals surface area contributed by atoms with E-state index in [1.165, 1.54) is 16.6 Å². The number of hydrogen-bond donors (Lipinski definition) is 2. The average molecular weight is 471 g/mol. The molecule has 0 bridgehead atoms. The Labute approximate surface area is 196 Å². The van der Waals surface area contributed by atoms with Gasteiger partial charge in [-0.05, 0) is 30.2 Å². The number of halogens is 1. The molecule has 0 atom stereocenters. The quantitative estimate of drug-likeness (QED) is 0.498. The van der Waals surface area contributed by atoms with Gasteiger partial charge in [-0.1, -0.05) is 55.3 Å². The first-order valence-electron chi connectivity index (χ1n) is 10.6. The van der Waals surface area contributed by atoms with Crippen molar-refractivity contribution in [3.05, 3.63) is 85.5 Å². The number of H-pyrrole nitrogens is 1. The number of carbonyl (C=O) groups excluding carboxylic acids is 1. The van der Waals surface area contributed by atoms with E-state index in [4.69, 9.17) is 22.1 Å². The molecule has 0 spiro atoms. The highest BCUT2D eigenvalue weighted by molar-refractivity contribution is 6.30. The molecule has 0 aliphatic rings. The van der Waals surface area contributed by atoms with Gasteiger partial charge in [-0.3, -0.25) is 24.0 Å². The van der Waals surface area contributed by atoms with Crippen LogP contribution in [0.4, 0.5) is 11.5 Å². The highest BCUT2D eigenvalue weighted by Crippen LogP contribution is 2.25. The summed E-state index contributed by atoms with van der Waals surface area (Å²) in [6.45, 7) is 2.35. The SMILES string of the molecule is CCCCn1c(N)c(N(Cc2ccccc2OC)C(=O)Cc2ccc(Cl)cc2)c(=O)[nH]c1=O. The molecule has 33 heavy (non-hydrogen) atoms. The second kappa shape index (κ2) is 10.9. The lowest BCUT2D eigenvalue weighted by atomic mass is 10.1. The number of nitrogens with two attached hydrogens (primary N) is 1. The lowest BCUT2D eigenvalue weighted by Gasteiger charge is -2.25. The van der Waals surface area contributed by atoms with Gasteiger partial charge in [0.25, 0.3) is 5.56 Å². The fourth-order valence-electron chi connectivity index (χ4n) is 3.54. The maximum absolute atomic E-state index is 13.5. The predicted octanol–water partition coefficient (Wildman–Crippen LogP) is 3.36. The topological polar surface area (TPSA) is 110 Å². The van der Waals surface area contributed by atoms with Gasteiger partial charge >= 0.3 is 5.69 Å². The number of methoxy groups -OCH3 is 1. The van der Waals surface area contributed by atoms with Crippen LogP contribution in [0, 0.1) is 0 Å². The van der Waals surface area contributed by atoms with Crippen molar-refractivity contribution >= 4 is 29.0 Å². The van der Waals surface area contributed by atoms with Gasteiger partial charge in [-0.25, -0.2) is 4.79 Å². The van der Waals surface area contributed by atoms with Gasteiger partial charge in [-0.15, -0.1) is 0 Å². The first kappa shape index (κ1) is 24.1. The Morgan fingerprint density at radius 3 is 2.52 bits per heavy atom. The number of ether oxygens (including phenoxy) is 1. The smallest absolute Gasteiger partial charge is 0.330 e. The number of aromatic nitrogens is 2. The molecule has 2 aromatic carbocycles. The van der Waals surface area contributed by atoms with Gasteiger partial charge in [0.1, 0.15) is 11.6 Å². The Hall–Kier alpha value is -3.52. The van der Waals surface area contributed by atoms with E-state index in [2.05, 4.69) is 4.98 Å². The zero-order valence-electron chi connectivity index (χ0n) is 18.6. The highest BCUT2D eigenvalue weighted by atomic mass is 35.5. The lowest BCUT2D eigenvalue weighted by Crippen LogP contribution is -2.41. The summed E-state index contributed by atoms with van der Waals surface area (Å²) in [4.78, 5) is 42.4. The molecule has 3 N–H and O–H groups in total. The maximum Gasteiger partial charge on any atom is 0.330 e. The monoisotopic (exact) mass is 470 g/mol. The van der Waals surface area contributed by atoms with Crippen LogP contribution in [-0.2, 0) is 24.3 Å². The van der Waals surface area contributed by atoms with E-state index in [-0.39, 0.29) is 30.4 Å². The number of para-hydroxylation sites is 1. The van der Waals surface area contributed by atoms with Crippen LogP contribution >= 0.6 is 11.6 Å². The molecule has 3 rings (SSSR count). The van der Waals surface area contributed by atoms with Crippen LogP contribution in [0.15, 0.2) is 58.1 Å². The minimum Gasteiger partial charge on any atom is -0.496 e. The largest absolute Gasteiger partial charge is 0.496 e. The zero-order valence-corrected chi connectivity index (χ0v) is 19.4. The molecule has 0 saturated heterocycles. The molecule has 1 aromatic heterocycles. The second-order valence-electron chi connectivity index (χ2n) is 7.59. The van der Waals surface area contributed by atoms with Crippen molar-refractivity contribution in [3.63, 3.8) is 0 Å². The first-order chi connectivity index (χ1) is 15.8. The minimum atomic E-state index is -0.718. The van der Waals surface area contributed by atoms with Crippen LogP contribution in [-0.4, -0.2) is 22.6 Å². The molecular weight excluding hydrogens is 444 g/mol. The Kier molecular flexibility index (Phi) is 7.95. The number of nitrogens with zero attached hydrogens (tertiary/aromatic N) is 2. The van der Waals surface area contributed by atoms with E-state index in [1.54, 1.807) is 36.4 Å². The van der Waals surface area contributed by atoms with Crippen LogP contribution in [0.3, 0.4) is 0 Å². The molecule has 8 nitrogen and oxygen atoms in total. The summed E-state index contributed by atoms with van der Waals surface area (Å²) in [5, 5.41) is 0.556. The van der Waals surface area contributed by atoms with Crippen LogP contribution in [0.25, 0.3) is 0 Å². The van der Waals surface area contributed by atoms with Gasteiger partial charge in [0.05, 0.1) is 20.1 Å². The molecule has 0 saturated carbocycles. The Morgan fingerprint density at radius 2 is 1.85 bits per heavy atom. The summed E-state index contributed by atoms with van der Waals surface area (Å²) in [6, 6.07) is 14.1. The molecule has 0 radical (unpaired) electrons. The summed E-state index contributed by atoms with van der Waals surface area (Å²) in [5.41, 5.74) is 6.34. The molecule has 1 heterocycles. The van der Waals surface area contributed by atoms with Crippen molar-refractivity contribution in [1.29, 1.82) is 0 Å². The fraction of sp³-hybridized carbons (Fsp3) is 0.292. The number of hydrogen-bond acceptors (Lipinski definition) is 5. The summed E-state index contributed by atoms with van der Waals surface area (Å²) >= 11 is 5.96. The number of amides is 1.